The summed E-state index contributed by atoms with van der Waals surface area (Å²) in [6, 6.07) is 11.4. The molecule has 34 heavy (non-hydrogen) atoms. The number of rotatable bonds is 5. The molecule has 5 atom stereocenters. The summed E-state index contributed by atoms with van der Waals surface area (Å²) < 4.78 is 11.6. The van der Waals surface area contributed by atoms with Crippen molar-refractivity contribution in [3.8, 4) is 17.2 Å². The number of ketones is 1. The Hall–Kier alpha value is -2.57. The van der Waals surface area contributed by atoms with Gasteiger partial charge in [-0.15, -0.1) is 0 Å². The zero-order valence-corrected chi connectivity index (χ0v) is 19.5. The van der Waals surface area contributed by atoms with Gasteiger partial charge in [-0.2, -0.15) is 0 Å². The summed E-state index contributed by atoms with van der Waals surface area (Å²) in [5, 5.41) is 23.3. The van der Waals surface area contributed by atoms with Gasteiger partial charge in [0.15, 0.2) is 23.4 Å². The quantitative estimate of drug-likeness (QED) is 0.713. The van der Waals surface area contributed by atoms with Crippen molar-refractivity contribution in [1.29, 1.82) is 0 Å². The number of aliphatic hydroxyl groups is 1. The predicted octanol–water partition coefficient (Wildman–Crippen LogP) is 3.00. The first kappa shape index (κ1) is 20.8. The van der Waals surface area contributed by atoms with Crippen LogP contribution in [-0.4, -0.2) is 58.8 Å². The van der Waals surface area contributed by atoms with Crippen LogP contribution in [0.5, 0.6) is 17.2 Å². The van der Waals surface area contributed by atoms with Gasteiger partial charge >= 0.3 is 0 Å². The molecule has 1 unspecified atom stereocenters. The van der Waals surface area contributed by atoms with Crippen LogP contribution in [0.1, 0.15) is 42.4 Å². The lowest BCUT2D eigenvalue weighted by molar-refractivity contribution is -0.197. The molecule has 1 saturated heterocycles. The fourth-order valence-corrected chi connectivity index (χ4v) is 7.62. The topological polar surface area (TPSA) is 79.2 Å². The van der Waals surface area contributed by atoms with E-state index in [1.54, 1.807) is 13.2 Å². The Morgan fingerprint density at radius 1 is 1.18 bits per heavy atom. The molecule has 178 valence electrons. The maximum atomic E-state index is 13.9. The Morgan fingerprint density at radius 3 is 2.71 bits per heavy atom. The molecule has 0 aromatic heterocycles. The maximum absolute atomic E-state index is 13.9. The van der Waals surface area contributed by atoms with Crippen molar-refractivity contribution in [3.05, 3.63) is 53.1 Å². The number of phenolic OH excluding ortho intramolecular Hbond substituents is 1. The normalized spacial score (nSPS) is 35.6. The van der Waals surface area contributed by atoms with Gasteiger partial charge in [-0.1, -0.05) is 18.2 Å². The van der Waals surface area contributed by atoms with Gasteiger partial charge in [-0.25, -0.2) is 0 Å². The van der Waals surface area contributed by atoms with E-state index >= 15 is 0 Å². The van der Waals surface area contributed by atoms with E-state index in [-0.39, 0.29) is 23.5 Å². The lowest BCUT2D eigenvalue weighted by atomic mass is 9.47. The second kappa shape index (κ2) is 6.98. The summed E-state index contributed by atoms with van der Waals surface area (Å²) in [4.78, 5) is 16.4. The number of hydrogen-bond donors (Lipinski definition) is 2. The Bertz CT molecular complexity index is 1170. The molecule has 5 aliphatic rings. The number of benzene rings is 2. The van der Waals surface area contributed by atoms with Crippen LogP contribution in [0, 0.1) is 11.8 Å². The Morgan fingerprint density at radius 2 is 1.97 bits per heavy atom. The number of Topliss-reactive ketones (excluding diaryl/α,β-unsaturated/α-hetero) is 1. The average molecular weight is 462 g/mol. The molecule has 2 saturated carbocycles. The molecule has 0 radical (unpaired) electrons. The van der Waals surface area contributed by atoms with Crippen molar-refractivity contribution < 1.29 is 24.5 Å². The second-order valence-electron chi connectivity index (χ2n) is 11.1. The van der Waals surface area contributed by atoms with Crippen LogP contribution >= 0.6 is 0 Å². The zero-order valence-electron chi connectivity index (χ0n) is 19.5. The van der Waals surface area contributed by atoms with Crippen LogP contribution < -0.4 is 9.47 Å². The Kier molecular flexibility index (Phi) is 4.27. The van der Waals surface area contributed by atoms with Crippen molar-refractivity contribution in [2.24, 2.45) is 11.8 Å². The van der Waals surface area contributed by atoms with E-state index in [0.29, 0.717) is 25.0 Å². The lowest BCUT2D eigenvalue weighted by Gasteiger charge is -2.63. The number of aromatic hydroxyl groups is 1. The molecule has 2 aromatic carbocycles. The summed E-state index contributed by atoms with van der Waals surface area (Å²) in [6.45, 7) is 1.88. The van der Waals surface area contributed by atoms with Gasteiger partial charge in [0.1, 0.15) is 5.75 Å². The lowest BCUT2D eigenvalue weighted by Crippen LogP contribution is -2.78. The summed E-state index contributed by atoms with van der Waals surface area (Å²) >= 11 is 0. The number of likely N-dealkylation sites (tertiary alicyclic amines) is 1. The van der Waals surface area contributed by atoms with E-state index in [1.807, 2.05) is 30.3 Å². The molecule has 2 N–H and O–H groups in total. The molecule has 3 aliphatic carbocycles. The highest BCUT2D eigenvalue weighted by atomic mass is 16.5. The van der Waals surface area contributed by atoms with E-state index in [2.05, 4.69) is 4.90 Å². The molecule has 2 heterocycles. The van der Waals surface area contributed by atoms with Crippen LogP contribution in [-0.2, 0) is 23.1 Å². The van der Waals surface area contributed by atoms with E-state index in [1.165, 1.54) is 12.8 Å². The maximum Gasteiger partial charge on any atom is 0.177 e. The number of hydrogen-bond acceptors (Lipinski definition) is 6. The number of carbonyl (C=O) groups is 1. The van der Waals surface area contributed by atoms with Crippen molar-refractivity contribution >= 4 is 5.78 Å². The van der Waals surface area contributed by atoms with Crippen molar-refractivity contribution in [3.63, 3.8) is 0 Å². The number of ether oxygens (including phenoxy) is 2. The van der Waals surface area contributed by atoms with Gasteiger partial charge in [-0.3, -0.25) is 9.69 Å². The number of nitrogens with zero attached hydrogens (tertiary/aromatic N) is 1. The molecule has 2 bridgehead atoms. The third-order valence-electron chi connectivity index (χ3n) is 9.37. The van der Waals surface area contributed by atoms with Crippen molar-refractivity contribution in [2.45, 2.75) is 61.7 Å². The summed E-state index contributed by atoms with van der Waals surface area (Å²) in [5.74, 6) is 1.73. The summed E-state index contributed by atoms with van der Waals surface area (Å²) in [5.41, 5.74) is 1.23. The van der Waals surface area contributed by atoms with Crippen molar-refractivity contribution in [1.82, 2.24) is 4.90 Å². The fourth-order valence-electron chi connectivity index (χ4n) is 7.62. The molecule has 6 nitrogen and oxygen atoms in total. The molecular weight excluding hydrogens is 430 g/mol. The van der Waals surface area contributed by atoms with E-state index in [4.69, 9.17) is 9.47 Å². The van der Waals surface area contributed by atoms with Gasteiger partial charge in [-0.05, 0) is 80.3 Å². The number of carbonyl (C=O) groups excluding carboxylic acids is 1. The minimum atomic E-state index is -1.07. The van der Waals surface area contributed by atoms with E-state index in [9.17, 15) is 15.0 Å². The second-order valence-corrected chi connectivity index (χ2v) is 11.1. The molecule has 0 amide bonds. The third kappa shape index (κ3) is 2.61. The first-order valence-corrected chi connectivity index (χ1v) is 12.6. The van der Waals surface area contributed by atoms with Crippen LogP contribution in [0.2, 0.25) is 0 Å². The minimum absolute atomic E-state index is 0.0394. The molecule has 6 heteroatoms. The highest BCUT2D eigenvalue weighted by molar-refractivity contribution is 5.92. The van der Waals surface area contributed by atoms with Gasteiger partial charge in [0.05, 0.1) is 18.1 Å². The average Bonchev–Trinajstić information content (AvgIpc) is 3.57. The SMILES string of the molecule is COc1ccc(CC2C[C@@]3(O)[C@H]4Cc5ccc(O)c6c5[C@@]3(CCN4CC3CC3)[C@@H](O6)C2=O)cc1. The smallest absolute Gasteiger partial charge is 0.177 e. The number of phenols is 1. The largest absolute Gasteiger partial charge is 0.504 e. The van der Waals surface area contributed by atoms with Crippen LogP contribution in [0.3, 0.4) is 0 Å². The van der Waals surface area contributed by atoms with E-state index < -0.39 is 17.1 Å². The minimum Gasteiger partial charge on any atom is -0.504 e. The first-order valence-electron chi connectivity index (χ1n) is 12.6. The van der Waals surface area contributed by atoms with Gasteiger partial charge in [0, 0.05) is 24.1 Å². The van der Waals surface area contributed by atoms with Crippen LogP contribution in [0.4, 0.5) is 0 Å². The third-order valence-corrected chi connectivity index (χ3v) is 9.37. The van der Waals surface area contributed by atoms with E-state index in [0.717, 1.165) is 47.9 Å². The Labute approximate surface area is 199 Å². The molecule has 2 aromatic rings. The zero-order chi connectivity index (χ0) is 23.2. The van der Waals surface area contributed by atoms with Crippen LogP contribution in [0.25, 0.3) is 0 Å². The molecule has 2 aliphatic heterocycles. The first-order chi connectivity index (χ1) is 16.4. The Balaban J connectivity index is 1.32. The standard InChI is InChI=1S/C28H31NO5/c1-33-20-7-4-16(5-8-20)12-19-14-28(32)22-13-18-6-9-21(30)25-23(18)27(28,26(34-25)24(19)31)10-11-29(22)15-17-2-3-17/h4-9,17,19,22,26,30,32H,2-3,10-15H2,1H3/t19?,22-,26+,27+,28-/m1/s1. The monoisotopic (exact) mass is 461 g/mol. The van der Waals surface area contributed by atoms with Crippen molar-refractivity contribution in [2.75, 3.05) is 20.2 Å². The van der Waals surface area contributed by atoms with Gasteiger partial charge in [0.25, 0.3) is 0 Å². The highest BCUT2D eigenvalue weighted by Gasteiger charge is 2.74. The number of methoxy groups -OCH3 is 1. The predicted molar refractivity (Wildman–Crippen MR) is 125 cm³/mol. The molecular formula is C28H31NO5. The van der Waals surface area contributed by atoms with Gasteiger partial charge in [0.2, 0.25) is 0 Å². The number of piperidine rings is 1. The molecule has 1 spiro atoms. The van der Waals surface area contributed by atoms with Gasteiger partial charge < -0.3 is 19.7 Å². The highest BCUT2D eigenvalue weighted by Crippen LogP contribution is 2.65. The fraction of sp³-hybridized carbons (Fsp3) is 0.536. The molecule has 7 rings (SSSR count). The summed E-state index contributed by atoms with van der Waals surface area (Å²) in [7, 11) is 1.64. The molecule has 3 fully saturated rings. The summed E-state index contributed by atoms with van der Waals surface area (Å²) in [6.07, 6.45) is 4.19. The van der Waals surface area contributed by atoms with Crippen LogP contribution in [0.15, 0.2) is 36.4 Å².